The monoisotopic (exact) mass is 258 g/mol. The number of hydrogen-bond donors (Lipinski definition) is 2. The second kappa shape index (κ2) is 5.13. The van der Waals surface area contributed by atoms with Crippen molar-refractivity contribution in [2.75, 3.05) is 11.1 Å². The van der Waals surface area contributed by atoms with Crippen molar-refractivity contribution in [1.29, 1.82) is 0 Å². The molecular formula is C12H10N4O3. The Kier molecular flexibility index (Phi) is 3.37. The lowest BCUT2D eigenvalue weighted by atomic mass is 10.1. The van der Waals surface area contributed by atoms with Gasteiger partial charge in [-0.1, -0.05) is 12.1 Å². The second-order valence-corrected chi connectivity index (χ2v) is 3.70. The van der Waals surface area contributed by atoms with Crippen molar-refractivity contribution in [3.63, 3.8) is 0 Å². The average Bonchev–Trinajstić information content (AvgIpc) is 2.39. The summed E-state index contributed by atoms with van der Waals surface area (Å²) in [5.74, 6) is -0.196. The average molecular weight is 258 g/mol. The van der Waals surface area contributed by atoms with Gasteiger partial charge in [0.1, 0.15) is 12.0 Å². The topological polar surface area (TPSA) is 111 Å². The number of anilines is 2. The van der Waals surface area contributed by atoms with Gasteiger partial charge >= 0.3 is 0 Å². The van der Waals surface area contributed by atoms with E-state index < -0.39 is 10.8 Å². The van der Waals surface area contributed by atoms with E-state index in [1.54, 1.807) is 24.3 Å². The Morgan fingerprint density at radius 3 is 2.58 bits per heavy atom. The first-order valence-corrected chi connectivity index (χ1v) is 5.34. The molecule has 0 aliphatic heterocycles. The summed E-state index contributed by atoms with van der Waals surface area (Å²) in [7, 11) is 0. The summed E-state index contributed by atoms with van der Waals surface area (Å²) in [4.78, 5) is 25.6. The molecule has 0 bridgehead atoms. The Labute approximate surface area is 108 Å². The summed E-state index contributed by atoms with van der Waals surface area (Å²) in [6.45, 7) is 0. The summed E-state index contributed by atoms with van der Waals surface area (Å²) in [5.41, 5.74) is 6.20. The minimum absolute atomic E-state index is 0.141. The number of pyridine rings is 1. The van der Waals surface area contributed by atoms with Crippen LogP contribution >= 0.6 is 0 Å². The third kappa shape index (κ3) is 2.83. The lowest BCUT2D eigenvalue weighted by Crippen LogP contribution is -2.14. The summed E-state index contributed by atoms with van der Waals surface area (Å²) in [5, 5.41) is 13.0. The fourth-order valence-corrected chi connectivity index (χ4v) is 1.46. The maximum atomic E-state index is 11.9. The molecule has 0 saturated heterocycles. The molecule has 0 radical (unpaired) electrons. The first-order chi connectivity index (χ1) is 9.08. The van der Waals surface area contributed by atoms with E-state index in [1.165, 1.54) is 12.1 Å². The van der Waals surface area contributed by atoms with Gasteiger partial charge in [0.2, 0.25) is 0 Å². The van der Waals surface area contributed by atoms with E-state index in [0.717, 1.165) is 6.20 Å². The molecule has 1 aromatic carbocycles. The highest BCUT2D eigenvalue weighted by molar-refractivity contribution is 6.07. The smallest absolute Gasteiger partial charge is 0.287 e. The molecule has 0 aliphatic carbocycles. The van der Waals surface area contributed by atoms with Crippen molar-refractivity contribution in [3.8, 4) is 0 Å². The molecule has 0 spiro atoms. The SMILES string of the molecule is Nc1ccccc1C(=O)Nc1ccc([N+](=O)[O-])cn1. The maximum Gasteiger partial charge on any atom is 0.287 e. The van der Waals surface area contributed by atoms with E-state index >= 15 is 0 Å². The molecule has 1 amide bonds. The van der Waals surface area contributed by atoms with Gasteiger partial charge in [0, 0.05) is 11.8 Å². The van der Waals surface area contributed by atoms with Crippen LogP contribution in [0.3, 0.4) is 0 Å². The number of hydrogen-bond acceptors (Lipinski definition) is 5. The predicted octanol–water partition coefficient (Wildman–Crippen LogP) is 1.82. The lowest BCUT2D eigenvalue weighted by Gasteiger charge is -2.06. The molecular weight excluding hydrogens is 248 g/mol. The van der Waals surface area contributed by atoms with Crippen LogP contribution in [0.1, 0.15) is 10.4 Å². The van der Waals surface area contributed by atoms with Crippen LogP contribution in [0.2, 0.25) is 0 Å². The van der Waals surface area contributed by atoms with Crippen molar-refractivity contribution in [3.05, 3.63) is 58.3 Å². The van der Waals surface area contributed by atoms with Gasteiger partial charge in [0.15, 0.2) is 0 Å². The minimum atomic E-state index is -0.562. The Bertz CT molecular complexity index is 625. The number of para-hydroxylation sites is 1. The Morgan fingerprint density at radius 1 is 1.26 bits per heavy atom. The van der Waals surface area contributed by atoms with Crippen LogP contribution in [0, 0.1) is 10.1 Å². The van der Waals surface area contributed by atoms with Crippen molar-refractivity contribution in [2.45, 2.75) is 0 Å². The zero-order valence-electron chi connectivity index (χ0n) is 9.74. The highest BCUT2D eigenvalue weighted by Crippen LogP contribution is 2.15. The van der Waals surface area contributed by atoms with Crippen LogP contribution in [-0.4, -0.2) is 15.8 Å². The number of carbonyl (C=O) groups is 1. The number of nitrogens with two attached hydrogens (primary N) is 1. The maximum absolute atomic E-state index is 11.9. The molecule has 3 N–H and O–H groups in total. The van der Waals surface area contributed by atoms with Crippen LogP contribution < -0.4 is 11.1 Å². The fraction of sp³-hybridized carbons (Fsp3) is 0. The van der Waals surface area contributed by atoms with Gasteiger partial charge in [-0.25, -0.2) is 4.98 Å². The highest BCUT2D eigenvalue weighted by Gasteiger charge is 2.11. The van der Waals surface area contributed by atoms with E-state index in [-0.39, 0.29) is 11.5 Å². The molecule has 2 rings (SSSR count). The van der Waals surface area contributed by atoms with Crippen LogP contribution in [0.5, 0.6) is 0 Å². The van der Waals surface area contributed by atoms with Crippen molar-refractivity contribution >= 4 is 23.1 Å². The van der Waals surface area contributed by atoms with E-state index in [4.69, 9.17) is 5.73 Å². The van der Waals surface area contributed by atoms with Crippen molar-refractivity contribution in [1.82, 2.24) is 4.98 Å². The standard InChI is InChI=1S/C12H10N4O3/c13-10-4-2-1-3-9(10)12(17)15-11-6-5-8(7-14-11)16(18)19/h1-7H,13H2,(H,14,15,17). The first kappa shape index (κ1) is 12.5. The molecule has 0 unspecified atom stereocenters. The number of carbonyl (C=O) groups excluding carboxylic acids is 1. The number of nitrogens with zero attached hydrogens (tertiary/aromatic N) is 2. The number of nitro groups is 1. The van der Waals surface area contributed by atoms with Gasteiger partial charge in [-0.2, -0.15) is 0 Å². The molecule has 0 atom stereocenters. The molecule has 0 fully saturated rings. The quantitative estimate of drug-likeness (QED) is 0.495. The summed E-state index contributed by atoms with van der Waals surface area (Å²) >= 11 is 0. The Hall–Kier alpha value is -2.96. The molecule has 7 heteroatoms. The van der Waals surface area contributed by atoms with Gasteiger partial charge in [-0.15, -0.1) is 0 Å². The first-order valence-electron chi connectivity index (χ1n) is 5.34. The second-order valence-electron chi connectivity index (χ2n) is 3.70. The van der Waals surface area contributed by atoms with Crippen molar-refractivity contribution < 1.29 is 9.72 Å². The molecule has 96 valence electrons. The normalized spacial score (nSPS) is 9.89. The molecule has 1 aromatic heterocycles. The number of benzene rings is 1. The van der Waals surface area contributed by atoms with Gasteiger partial charge in [0.25, 0.3) is 11.6 Å². The van der Waals surface area contributed by atoms with Gasteiger partial charge in [-0.05, 0) is 18.2 Å². The Balaban J connectivity index is 2.15. The van der Waals surface area contributed by atoms with E-state index in [2.05, 4.69) is 10.3 Å². The van der Waals surface area contributed by atoms with Crippen molar-refractivity contribution in [2.24, 2.45) is 0 Å². The number of aromatic nitrogens is 1. The highest BCUT2D eigenvalue weighted by atomic mass is 16.6. The van der Waals surface area contributed by atoms with E-state index in [9.17, 15) is 14.9 Å². The zero-order chi connectivity index (χ0) is 13.8. The largest absolute Gasteiger partial charge is 0.398 e. The van der Waals surface area contributed by atoms with Gasteiger partial charge in [-0.3, -0.25) is 14.9 Å². The van der Waals surface area contributed by atoms with E-state index in [0.29, 0.717) is 11.3 Å². The Morgan fingerprint density at radius 2 is 2.00 bits per heavy atom. The molecule has 2 aromatic rings. The number of rotatable bonds is 3. The molecule has 1 heterocycles. The van der Waals surface area contributed by atoms with E-state index in [1.807, 2.05) is 0 Å². The molecule has 0 saturated carbocycles. The van der Waals surface area contributed by atoms with Gasteiger partial charge in [0.05, 0.1) is 10.5 Å². The lowest BCUT2D eigenvalue weighted by molar-refractivity contribution is -0.385. The third-order valence-corrected chi connectivity index (χ3v) is 2.41. The number of nitrogens with one attached hydrogen (secondary N) is 1. The molecule has 7 nitrogen and oxygen atoms in total. The van der Waals surface area contributed by atoms with Crippen LogP contribution in [-0.2, 0) is 0 Å². The fourth-order valence-electron chi connectivity index (χ4n) is 1.46. The zero-order valence-corrected chi connectivity index (χ0v) is 9.74. The summed E-state index contributed by atoms with van der Waals surface area (Å²) < 4.78 is 0. The number of amides is 1. The third-order valence-electron chi connectivity index (χ3n) is 2.41. The minimum Gasteiger partial charge on any atom is -0.398 e. The summed E-state index contributed by atoms with van der Waals surface area (Å²) in [6, 6.07) is 9.21. The summed E-state index contributed by atoms with van der Waals surface area (Å²) in [6.07, 6.45) is 1.07. The van der Waals surface area contributed by atoms with Crippen LogP contribution in [0.4, 0.5) is 17.2 Å². The number of nitrogen functional groups attached to an aromatic ring is 1. The molecule has 19 heavy (non-hydrogen) atoms. The van der Waals surface area contributed by atoms with Crippen LogP contribution in [0.15, 0.2) is 42.6 Å². The molecule has 0 aliphatic rings. The predicted molar refractivity (Wildman–Crippen MR) is 69.7 cm³/mol. The van der Waals surface area contributed by atoms with Crippen LogP contribution in [0.25, 0.3) is 0 Å². The van der Waals surface area contributed by atoms with Gasteiger partial charge < -0.3 is 11.1 Å².